The molecule has 0 spiro atoms. The van der Waals surface area contributed by atoms with Crippen molar-refractivity contribution in [1.29, 1.82) is 0 Å². The predicted molar refractivity (Wildman–Crippen MR) is 91.9 cm³/mol. The topological polar surface area (TPSA) is 70.9 Å². The van der Waals surface area contributed by atoms with Crippen molar-refractivity contribution in [2.24, 2.45) is 0 Å². The fourth-order valence-corrected chi connectivity index (χ4v) is 2.84. The second-order valence-electron chi connectivity index (χ2n) is 5.17. The first-order chi connectivity index (χ1) is 10.2. The molecule has 0 radical (unpaired) electrons. The molecule has 1 aromatic heterocycles. The summed E-state index contributed by atoms with van der Waals surface area (Å²) < 4.78 is 0. The van der Waals surface area contributed by atoms with E-state index in [0.717, 1.165) is 23.9 Å². The fraction of sp³-hybridized carbons (Fsp3) is 0.438. The zero-order chi connectivity index (χ0) is 15.1. The van der Waals surface area contributed by atoms with E-state index < -0.39 is 0 Å². The van der Waals surface area contributed by atoms with E-state index in [1.807, 2.05) is 30.0 Å². The van der Waals surface area contributed by atoms with E-state index in [2.05, 4.69) is 16.6 Å². The highest BCUT2D eigenvalue weighted by Crippen LogP contribution is 2.20. The molecule has 2 aromatic rings. The van der Waals surface area contributed by atoms with Crippen molar-refractivity contribution in [1.82, 2.24) is 10.3 Å². The van der Waals surface area contributed by atoms with Gasteiger partial charge in [-0.15, -0.1) is 0 Å². The molecule has 0 fully saturated rings. The number of amides is 1. The third-order valence-electron chi connectivity index (χ3n) is 3.51. The first-order valence-electron chi connectivity index (χ1n) is 7.36. The van der Waals surface area contributed by atoms with Crippen molar-refractivity contribution < 1.29 is 4.79 Å². The number of anilines is 1. The average molecular weight is 305 g/mol. The molecule has 4 N–H and O–H groups in total. The van der Waals surface area contributed by atoms with Gasteiger partial charge in [0.2, 0.25) is 0 Å². The number of hydrogen-bond donors (Lipinski definition) is 3. The summed E-state index contributed by atoms with van der Waals surface area (Å²) >= 11 is 1.89. The smallest absolute Gasteiger partial charge is 0.253 e. The van der Waals surface area contributed by atoms with Crippen LogP contribution in [0.2, 0.25) is 0 Å². The summed E-state index contributed by atoms with van der Waals surface area (Å²) in [5, 5.41) is 3.86. The van der Waals surface area contributed by atoms with Crippen molar-refractivity contribution >= 4 is 34.3 Å². The largest absolute Gasteiger partial charge is 0.399 e. The minimum atomic E-state index is -0.0315. The molecule has 1 heterocycles. The van der Waals surface area contributed by atoms with E-state index in [4.69, 9.17) is 5.73 Å². The van der Waals surface area contributed by atoms with Crippen LogP contribution in [-0.4, -0.2) is 29.4 Å². The van der Waals surface area contributed by atoms with Crippen molar-refractivity contribution in [2.75, 3.05) is 24.3 Å². The number of aromatic nitrogens is 1. The molecule has 0 bridgehead atoms. The Labute approximate surface area is 129 Å². The highest BCUT2D eigenvalue weighted by atomic mass is 32.2. The Morgan fingerprint density at radius 3 is 2.90 bits per heavy atom. The van der Waals surface area contributed by atoms with Crippen LogP contribution in [0.1, 0.15) is 36.0 Å². The van der Waals surface area contributed by atoms with E-state index in [0.29, 0.717) is 11.3 Å². The van der Waals surface area contributed by atoms with Crippen LogP contribution < -0.4 is 11.1 Å². The number of thioether (sulfide) groups is 1. The van der Waals surface area contributed by atoms with Crippen LogP contribution in [-0.2, 0) is 0 Å². The summed E-state index contributed by atoms with van der Waals surface area (Å²) in [5.41, 5.74) is 8.06. The second-order valence-corrected chi connectivity index (χ2v) is 6.16. The third kappa shape index (κ3) is 4.43. The maximum absolute atomic E-state index is 12.2. The van der Waals surface area contributed by atoms with Crippen molar-refractivity contribution in [3.8, 4) is 0 Å². The van der Waals surface area contributed by atoms with Gasteiger partial charge in [0.15, 0.2) is 0 Å². The summed E-state index contributed by atoms with van der Waals surface area (Å²) in [6.45, 7) is 0.729. The number of nitrogen functional groups attached to an aromatic ring is 1. The van der Waals surface area contributed by atoms with Crippen LogP contribution >= 0.6 is 11.8 Å². The highest BCUT2D eigenvalue weighted by molar-refractivity contribution is 7.98. The summed E-state index contributed by atoms with van der Waals surface area (Å²) in [6.07, 6.45) is 8.58. The van der Waals surface area contributed by atoms with E-state index in [9.17, 15) is 4.79 Å². The van der Waals surface area contributed by atoms with Gasteiger partial charge < -0.3 is 16.0 Å². The van der Waals surface area contributed by atoms with Crippen LogP contribution in [0.4, 0.5) is 5.69 Å². The molecular weight excluding hydrogens is 282 g/mol. The molecule has 1 aromatic carbocycles. The zero-order valence-corrected chi connectivity index (χ0v) is 13.3. The number of H-pyrrole nitrogens is 1. The van der Waals surface area contributed by atoms with Gasteiger partial charge >= 0.3 is 0 Å². The van der Waals surface area contributed by atoms with Gasteiger partial charge in [-0.1, -0.05) is 12.8 Å². The van der Waals surface area contributed by atoms with Gasteiger partial charge in [-0.25, -0.2) is 0 Å². The lowest BCUT2D eigenvalue weighted by Gasteiger charge is -2.04. The molecule has 0 atom stereocenters. The van der Waals surface area contributed by atoms with E-state index in [1.165, 1.54) is 25.0 Å². The maximum Gasteiger partial charge on any atom is 0.253 e. The number of hydrogen-bond acceptors (Lipinski definition) is 3. The molecule has 0 aliphatic rings. The molecule has 21 heavy (non-hydrogen) atoms. The molecule has 0 aliphatic heterocycles. The first-order valence-corrected chi connectivity index (χ1v) is 8.75. The molecule has 0 aliphatic carbocycles. The van der Waals surface area contributed by atoms with Crippen LogP contribution in [0.5, 0.6) is 0 Å². The van der Waals surface area contributed by atoms with E-state index in [1.54, 1.807) is 6.20 Å². The number of carbonyl (C=O) groups is 1. The van der Waals surface area contributed by atoms with Gasteiger partial charge in [-0.3, -0.25) is 4.79 Å². The van der Waals surface area contributed by atoms with Gasteiger partial charge in [0.1, 0.15) is 0 Å². The number of rotatable bonds is 8. The Balaban J connectivity index is 1.81. The minimum absolute atomic E-state index is 0.0315. The Morgan fingerprint density at radius 1 is 1.29 bits per heavy atom. The van der Waals surface area contributed by atoms with Gasteiger partial charge in [0.05, 0.1) is 5.56 Å². The molecular formula is C16H23N3OS. The first kappa shape index (κ1) is 15.8. The summed E-state index contributed by atoms with van der Waals surface area (Å²) in [7, 11) is 0. The summed E-state index contributed by atoms with van der Waals surface area (Å²) in [6, 6.07) is 5.56. The quantitative estimate of drug-likeness (QED) is 0.517. The molecule has 0 saturated carbocycles. The molecule has 2 rings (SSSR count). The van der Waals surface area contributed by atoms with Gasteiger partial charge in [-0.05, 0) is 43.0 Å². The van der Waals surface area contributed by atoms with Crippen molar-refractivity contribution in [3.05, 3.63) is 30.0 Å². The monoisotopic (exact) mass is 305 g/mol. The number of benzene rings is 1. The molecule has 114 valence electrons. The summed E-state index contributed by atoms with van der Waals surface area (Å²) in [5.74, 6) is 1.19. The minimum Gasteiger partial charge on any atom is -0.399 e. The molecule has 4 nitrogen and oxygen atoms in total. The Kier molecular flexibility index (Phi) is 5.99. The van der Waals surface area contributed by atoms with Crippen LogP contribution in [0.15, 0.2) is 24.4 Å². The normalized spacial score (nSPS) is 10.9. The molecule has 0 unspecified atom stereocenters. The van der Waals surface area contributed by atoms with Crippen LogP contribution in [0.3, 0.4) is 0 Å². The van der Waals surface area contributed by atoms with E-state index in [-0.39, 0.29) is 5.91 Å². The lowest BCUT2D eigenvalue weighted by Crippen LogP contribution is -2.24. The Hall–Kier alpha value is -1.62. The average Bonchev–Trinajstić information content (AvgIpc) is 2.89. The van der Waals surface area contributed by atoms with Crippen molar-refractivity contribution in [2.45, 2.75) is 25.7 Å². The molecule has 1 amide bonds. The number of aromatic amines is 1. The zero-order valence-electron chi connectivity index (χ0n) is 12.4. The van der Waals surface area contributed by atoms with Gasteiger partial charge in [-0.2, -0.15) is 11.8 Å². The second kappa shape index (κ2) is 7.98. The third-order valence-corrected chi connectivity index (χ3v) is 4.21. The number of unbranched alkanes of at least 4 members (excludes halogenated alkanes) is 3. The fourth-order valence-electron chi connectivity index (χ4n) is 2.35. The number of fused-ring (bicyclic) bond motifs is 1. The van der Waals surface area contributed by atoms with Gasteiger partial charge in [0.25, 0.3) is 5.91 Å². The summed E-state index contributed by atoms with van der Waals surface area (Å²) in [4.78, 5) is 15.3. The Bertz CT molecular complexity index is 594. The Morgan fingerprint density at radius 2 is 2.10 bits per heavy atom. The van der Waals surface area contributed by atoms with Crippen molar-refractivity contribution in [3.63, 3.8) is 0 Å². The standard InChI is InChI=1S/C16H23N3OS/c1-21-9-5-3-2-4-8-18-16(20)14-11-19-15-7-6-12(17)10-13(14)15/h6-7,10-11,19H,2-5,8-9,17H2,1H3,(H,18,20). The maximum atomic E-state index is 12.2. The van der Waals surface area contributed by atoms with Crippen LogP contribution in [0.25, 0.3) is 10.9 Å². The highest BCUT2D eigenvalue weighted by Gasteiger charge is 2.11. The molecule has 0 saturated heterocycles. The SMILES string of the molecule is CSCCCCCCNC(=O)c1c[nH]c2ccc(N)cc12. The van der Waals surface area contributed by atoms with Crippen LogP contribution in [0, 0.1) is 0 Å². The number of nitrogens with one attached hydrogen (secondary N) is 2. The van der Waals surface area contributed by atoms with E-state index >= 15 is 0 Å². The predicted octanol–water partition coefficient (Wildman–Crippen LogP) is 3.40. The molecule has 5 heteroatoms. The number of carbonyl (C=O) groups excluding carboxylic acids is 1. The van der Waals surface area contributed by atoms with Gasteiger partial charge in [0, 0.05) is 29.3 Å². The number of nitrogens with two attached hydrogens (primary N) is 1. The lowest BCUT2D eigenvalue weighted by molar-refractivity contribution is 0.0954. The lowest BCUT2D eigenvalue weighted by atomic mass is 10.1.